The number of likely N-dealkylation sites (N-methyl/N-ethyl adjacent to an activating group) is 1. The van der Waals surface area contributed by atoms with E-state index in [2.05, 4.69) is 31.0 Å². The van der Waals surface area contributed by atoms with Crippen molar-refractivity contribution in [3.05, 3.63) is 65.2 Å². The molecule has 2 aromatic carbocycles. The van der Waals surface area contributed by atoms with E-state index in [0.29, 0.717) is 37.3 Å². The van der Waals surface area contributed by atoms with E-state index in [0.717, 1.165) is 37.1 Å². The van der Waals surface area contributed by atoms with Crippen LogP contribution in [0.3, 0.4) is 0 Å². The van der Waals surface area contributed by atoms with E-state index in [1.54, 1.807) is 24.3 Å². The van der Waals surface area contributed by atoms with E-state index in [9.17, 15) is 14.4 Å². The minimum absolute atomic E-state index is 0.211. The van der Waals surface area contributed by atoms with E-state index >= 15 is 0 Å². The summed E-state index contributed by atoms with van der Waals surface area (Å²) in [6.07, 6.45) is 1.97. The molecule has 0 aromatic heterocycles. The van der Waals surface area contributed by atoms with Crippen LogP contribution < -0.4 is 10.1 Å². The topological polar surface area (TPSA) is 88.2 Å². The fraction of sp³-hybridized carbons (Fsp3) is 0.531. The molecule has 1 aliphatic rings. The van der Waals surface area contributed by atoms with E-state index in [1.807, 2.05) is 45.0 Å². The lowest BCUT2D eigenvalue weighted by Crippen LogP contribution is -2.73. The van der Waals surface area contributed by atoms with Gasteiger partial charge in [0.05, 0.1) is 11.6 Å². The van der Waals surface area contributed by atoms with E-state index in [-0.39, 0.29) is 11.9 Å². The average molecular weight is 552 g/mol. The Labute approximate surface area is 239 Å². The number of esters is 1. The summed E-state index contributed by atoms with van der Waals surface area (Å²) in [6, 6.07) is 14.1. The Hall–Kier alpha value is -3.39. The van der Waals surface area contributed by atoms with Crippen molar-refractivity contribution in [3.63, 3.8) is 0 Å². The second-order valence-corrected chi connectivity index (χ2v) is 10.4. The highest BCUT2D eigenvalue weighted by molar-refractivity contribution is 6.03. The van der Waals surface area contributed by atoms with Crippen LogP contribution in [0.4, 0.5) is 4.79 Å². The van der Waals surface area contributed by atoms with Crippen LogP contribution in [0.25, 0.3) is 0 Å². The largest absolute Gasteiger partial charge is 0.469 e. The van der Waals surface area contributed by atoms with Gasteiger partial charge in [-0.05, 0) is 69.1 Å². The summed E-state index contributed by atoms with van der Waals surface area (Å²) in [4.78, 5) is 42.7. The maximum Gasteiger partial charge on any atom is 0.338 e. The van der Waals surface area contributed by atoms with Crippen molar-refractivity contribution in [1.29, 1.82) is 0 Å². The van der Waals surface area contributed by atoms with Crippen LogP contribution in [0.1, 0.15) is 87.8 Å². The third-order valence-corrected chi connectivity index (χ3v) is 8.06. The van der Waals surface area contributed by atoms with E-state index in [4.69, 9.17) is 9.47 Å². The van der Waals surface area contributed by atoms with Crippen molar-refractivity contribution >= 4 is 17.9 Å². The van der Waals surface area contributed by atoms with Crippen LogP contribution in [0.2, 0.25) is 0 Å². The van der Waals surface area contributed by atoms with Gasteiger partial charge in [0.2, 0.25) is 5.91 Å². The molecule has 0 radical (unpaired) electrons. The molecule has 0 spiro atoms. The van der Waals surface area contributed by atoms with Crippen molar-refractivity contribution in [2.75, 3.05) is 26.2 Å². The minimum atomic E-state index is -0.788. The molecule has 0 saturated carbocycles. The number of nitrogens with zero attached hydrogens (tertiary/aromatic N) is 2. The van der Waals surface area contributed by atoms with Crippen LogP contribution in [-0.2, 0) is 9.53 Å². The summed E-state index contributed by atoms with van der Waals surface area (Å²) in [5, 5.41) is 3.07. The lowest BCUT2D eigenvalue weighted by atomic mass is 9.72. The quantitative estimate of drug-likeness (QED) is 0.226. The molecule has 2 unspecified atom stereocenters. The first-order chi connectivity index (χ1) is 19.2. The summed E-state index contributed by atoms with van der Waals surface area (Å²) in [6.45, 7) is 14.9. The fourth-order valence-electron chi connectivity index (χ4n) is 5.22. The van der Waals surface area contributed by atoms with Crippen LogP contribution in [-0.4, -0.2) is 60.2 Å². The minimum Gasteiger partial charge on any atom is -0.469 e. The molecule has 3 amide bonds. The van der Waals surface area contributed by atoms with Crippen LogP contribution in [0.5, 0.6) is 5.75 Å². The van der Waals surface area contributed by atoms with Crippen LogP contribution in [0.15, 0.2) is 48.5 Å². The number of aryl methyl sites for hydroxylation is 1. The van der Waals surface area contributed by atoms with Gasteiger partial charge in [-0.15, -0.1) is 0 Å². The Morgan fingerprint density at radius 1 is 0.975 bits per heavy atom. The number of imide groups is 1. The number of nitrogens with one attached hydrogen (secondary N) is 1. The van der Waals surface area contributed by atoms with Crippen molar-refractivity contribution in [2.45, 2.75) is 79.5 Å². The van der Waals surface area contributed by atoms with Crippen molar-refractivity contribution in [2.24, 2.45) is 5.41 Å². The molecule has 1 heterocycles. The molecule has 1 saturated heterocycles. The predicted octanol–water partition coefficient (Wildman–Crippen LogP) is 6.10. The highest BCUT2D eigenvalue weighted by Crippen LogP contribution is 2.46. The Kier molecular flexibility index (Phi) is 11.1. The highest BCUT2D eigenvalue weighted by atomic mass is 16.5. The van der Waals surface area contributed by atoms with E-state index in [1.165, 1.54) is 4.90 Å². The average Bonchev–Trinajstić information content (AvgIpc) is 2.96. The Morgan fingerprint density at radius 3 is 2.15 bits per heavy atom. The number of urea groups is 1. The molecule has 2 atom stereocenters. The number of amides is 3. The van der Waals surface area contributed by atoms with Gasteiger partial charge >= 0.3 is 12.0 Å². The molecule has 0 aliphatic carbocycles. The molecule has 1 aliphatic heterocycles. The second kappa shape index (κ2) is 14.3. The number of carbonyl (C=O) groups excluding carboxylic acids is 3. The van der Waals surface area contributed by atoms with Crippen LogP contribution in [0, 0.1) is 12.3 Å². The van der Waals surface area contributed by atoms with Crippen molar-refractivity contribution in [3.8, 4) is 5.75 Å². The molecule has 8 nitrogen and oxygen atoms in total. The number of β-lactam (4-membered cyclic amide) rings is 1. The zero-order valence-corrected chi connectivity index (χ0v) is 24.9. The second-order valence-electron chi connectivity index (χ2n) is 10.4. The van der Waals surface area contributed by atoms with Gasteiger partial charge in [-0.3, -0.25) is 4.79 Å². The highest BCUT2D eigenvalue weighted by Gasteiger charge is 2.63. The monoisotopic (exact) mass is 551 g/mol. The Morgan fingerprint density at radius 2 is 1.60 bits per heavy atom. The number of benzene rings is 2. The number of likely N-dealkylation sites (tertiary alicyclic amines) is 1. The first-order valence-corrected chi connectivity index (χ1v) is 14.6. The number of carbonyl (C=O) groups is 3. The third-order valence-electron chi connectivity index (χ3n) is 8.06. The van der Waals surface area contributed by atoms with Gasteiger partial charge in [0, 0.05) is 6.54 Å². The standard InChI is InChI=1S/C32H45N3O5/c1-7-12-27(24-15-13-23(6)14-16-24)33-31(38)35-29(37)32(8-2,9-3)30(35)40-26-19-17-25(18-20-26)28(36)39-22-21-34(10-4)11-5/h13-20,27,30H,7-12,21-22H2,1-6H3,(H,33,38). The molecule has 1 N–H and O–H groups in total. The Balaban J connectivity index is 1.72. The normalized spacial score (nSPS) is 16.8. The molecule has 40 heavy (non-hydrogen) atoms. The summed E-state index contributed by atoms with van der Waals surface area (Å²) in [5.41, 5.74) is 1.78. The zero-order valence-electron chi connectivity index (χ0n) is 24.9. The van der Waals surface area contributed by atoms with Crippen molar-refractivity contribution < 1.29 is 23.9 Å². The van der Waals surface area contributed by atoms with Gasteiger partial charge < -0.3 is 19.7 Å². The maximum atomic E-state index is 13.5. The molecular formula is C32H45N3O5. The first-order valence-electron chi connectivity index (χ1n) is 14.6. The first kappa shape index (κ1) is 31.1. The summed E-state index contributed by atoms with van der Waals surface area (Å²) >= 11 is 0. The van der Waals surface area contributed by atoms with Gasteiger partial charge in [0.25, 0.3) is 0 Å². The van der Waals surface area contributed by atoms with E-state index < -0.39 is 23.6 Å². The van der Waals surface area contributed by atoms with Gasteiger partial charge in [0.15, 0.2) is 6.23 Å². The van der Waals surface area contributed by atoms with Gasteiger partial charge in [-0.1, -0.05) is 70.9 Å². The molecule has 8 heteroatoms. The molecule has 0 bridgehead atoms. The number of hydrogen-bond acceptors (Lipinski definition) is 6. The predicted molar refractivity (Wildman–Crippen MR) is 156 cm³/mol. The third kappa shape index (κ3) is 6.84. The number of rotatable bonds is 14. The van der Waals surface area contributed by atoms with Crippen molar-refractivity contribution in [1.82, 2.24) is 15.1 Å². The zero-order chi connectivity index (χ0) is 29.3. The summed E-state index contributed by atoms with van der Waals surface area (Å²) < 4.78 is 11.7. The molecule has 3 rings (SSSR count). The summed E-state index contributed by atoms with van der Waals surface area (Å²) in [7, 11) is 0. The molecule has 1 fully saturated rings. The van der Waals surface area contributed by atoms with Crippen LogP contribution >= 0.6 is 0 Å². The maximum absolute atomic E-state index is 13.5. The molecular weight excluding hydrogens is 506 g/mol. The lowest BCUT2D eigenvalue weighted by Gasteiger charge is -2.53. The number of ether oxygens (including phenoxy) is 2. The summed E-state index contributed by atoms with van der Waals surface area (Å²) in [5.74, 6) is -0.148. The smallest absolute Gasteiger partial charge is 0.338 e. The van der Waals surface area contributed by atoms with Gasteiger partial charge in [-0.25, -0.2) is 14.5 Å². The lowest BCUT2D eigenvalue weighted by molar-refractivity contribution is -0.191. The van der Waals surface area contributed by atoms with Gasteiger partial charge in [0.1, 0.15) is 17.8 Å². The Bertz CT molecular complexity index is 1120. The SMILES string of the molecule is CCCC(NC(=O)N1C(=O)C(CC)(CC)C1Oc1ccc(C(=O)OCCN(CC)CC)cc1)c1ccc(C)cc1. The number of hydrogen-bond donors (Lipinski definition) is 1. The fourth-order valence-corrected chi connectivity index (χ4v) is 5.22. The van der Waals surface area contributed by atoms with Gasteiger partial charge in [-0.2, -0.15) is 0 Å². The molecule has 2 aromatic rings. The molecule has 218 valence electrons.